The predicted octanol–water partition coefficient (Wildman–Crippen LogP) is 6.10. The number of carbonyl (C=O) groups is 2. The molecule has 0 aliphatic carbocycles. The maximum absolute atomic E-state index is 12.8. The summed E-state index contributed by atoms with van der Waals surface area (Å²) in [6.07, 6.45) is 1.62. The van der Waals surface area contributed by atoms with E-state index < -0.39 is 0 Å². The molecule has 2 aromatic rings. The van der Waals surface area contributed by atoms with Gasteiger partial charge < -0.3 is 14.6 Å². The number of rotatable bonds is 8. The van der Waals surface area contributed by atoms with Crippen LogP contribution in [0.3, 0.4) is 0 Å². The van der Waals surface area contributed by atoms with Crippen LogP contribution in [0.1, 0.15) is 43.4 Å². The van der Waals surface area contributed by atoms with Gasteiger partial charge in [-0.05, 0) is 88.4 Å². The Morgan fingerprint density at radius 3 is 2.59 bits per heavy atom. The number of thioether (sulfide) groups is 1. The van der Waals surface area contributed by atoms with E-state index in [1.54, 1.807) is 18.2 Å². The van der Waals surface area contributed by atoms with Crippen LogP contribution in [0, 0.1) is 6.92 Å². The number of amides is 2. The highest BCUT2D eigenvalue weighted by Crippen LogP contribution is 2.38. The lowest BCUT2D eigenvalue weighted by molar-refractivity contribution is -0.123. The second kappa shape index (κ2) is 10.4. The lowest BCUT2D eigenvalue weighted by Gasteiger charge is -2.17. The van der Waals surface area contributed by atoms with Crippen molar-refractivity contribution in [3.05, 3.63) is 56.4 Å². The molecular weight excluding hydrogens is 494 g/mol. The standard InChI is InChI=1S/C24H26BrNO5S/c1-5-30-20-12-16(11-18(25)22(20)27)13-21-23(28)26(24(29)32-21)8-9-31-19-10-15(4)6-7-17(19)14(2)3/h6-7,10-14,27H,5,8-9H2,1-4H3/b21-13-. The molecule has 8 heteroatoms. The number of nitrogens with zero attached hydrogens (tertiary/aromatic N) is 1. The smallest absolute Gasteiger partial charge is 0.293 e. The fourth-order valence-electron chi connectivity index (χ4n) is 3.28. The fourth-order valence-corrected chi connectivity index (χ4v) is 4.60. The van der Waals surface area contributed by atoms with E-state index in [0.29, 0.717) is 33.2 Å². The van der Waals surface area contributed by atoms with Crippen molar-refractivity contribution in [3.63, 3.8) is 0 Å². The van der Waals surface area contributed by atoms with Gasteiger partial charge in [0.05, 0.1) is 22.5 Å². The van der Waals surface area contributed by atoms with Crippen LogP contribution in [0.2, 0.25) is 0 Å². The lowest BCUT2D eigenvalue weighted by Crippen LogP contribution is -2.32. The molecule has 3 rings (SSSR count). The van der Waals surface area contributed by atoms with Crippen molar-refractivity contribution in [1.82, 2.24) is 4.90 Å². The molecule has 1 aliphatic heterocycles. The number of phenols is 1. The minimum Gasteiger partial charge on any atom is -0.503 e. The molecule has 0 atom stereocenters. The minimum atomic E-state index is -0.362. The van der Waals surface area contributed by atoms with Gasteiger partial charge in [0.2, 0.25) is 0 Å². The molecule has 1 aliphatic rings. The first-order chi connectivity index (χ1) is 15.2. The second-order valence-electron chi connectivity index (χ2n) is 7.66. The first-order valence-corrected chi connectivity index (χ1v) is 12.0. The molecule has 1 heterocycles. The predicted molar refractivity (Wildman–Crippen MR) is 130 cm³/mol. The molecule has 0 aromatic heterocycles. The zero-order valence-electron chi connectivity index (χ0n) is 18.5. The summed E-state index contributed by atoms with van der Waals surface area (Å²) in [7, 11) is 0. The Labute approximate surface area is 200 Å². The molecule has 0 unspecified atom stereocenters. The van der Waals surface area contributed by atoms with Crippen LogP contribution in [-0.2, 0) is 4.79 Å². The molecule has 2 amide bonds. The van der Waals surface area contributed by atoms with Crippen LogP contribution in [0.25, 0.3) is 6.08 Å². The topological polar surface area (TPSA) is 76.1 Å². The number of ether oxygens (including phenoxy) is 2. The van der Waals surface area contributed by atoms with Gasteiger partial charge in [0.25, 0.3) is 11.1 Å². The van der Waals surface area contributed by atoms with Crippen LogP contribution in [0.5, 0.6) is 17.2 Å². The zero-order chi connectivity index (χ0) is 23.4. The summed E-state index contributed by atoms with van der Waals surface area (Å²) in [5.41, 5.74) is 2.82. The second-order valence-corrected chi connectivity index (χ2v) is 9.51. The van der Waals surface area contributed by atoms with E-state index >= 15 is 0 Å². The van der Waals surface area contributed by atoms with Crippen molar-refractivity contribution < 1.29 is 24.2 Å². The summed E-state index contributed by atoms with van der Waals surface area (Å²) >= 11 is 4.17. The van der Waals surface area contributed by atoms with E-state index in [1.807, 2.05) is 32.0 Å². The number of aryl methyl sites for hydroxylation is 1. The van der Waals surface area contributed by atoms with Crippen molar-refractivity contribution >= 4 is 44.9 Å². The Morgan fingerprint density at radius 2 is 1.91 bits per heavy atom. The van der Waals surface area contributed by atoms with Gasteiger partial charge in [-0.15, -0.1) is 0 Å². The third-order valence-corrected chi connectivity index (χ3v) is 6.40. The zero-order valence-corrected chi connectivity index (χ0v) is 20.9. The maximum atomic E-state index is 12.8. The first kappa shape index (κ1) is 24.2. The van der Waals surface area contributed by atoms with Crippen LogP contribution >= 0.6 is 27.7 Å². The van der Waals surface area contributed by atoms with Crippen molar-refractivity contribution in [3.8, 4) is 17.2 Å². The SMILES string of the molecule is CCOc1cc(/C=C2\SC(=O)N(CCOc3cc(C)ccc3C(C)C)C2=O)cc(Br)c1O. The largest absolute Gasteiger partial charge is 0.503 e. The Bertz CT molecular complexity index is 1070. The molecule has 1 saturated heterocycles. The maximum Gasteiger partial charge on any atom is 0.293 e. The molecule has 0 spiro atoms. The first-order valence-electron chi connectivity index (χ1n) is 10.3. The molecule has 1 fully saturated rings. The number of imide groups is 1. The van der Waals surface area contributed by atoms with E-state index in [4.69, 9.17) is 9.47 Å². The summed E-state index contributed by atoms with van der Waals surface area (Å²) in [5, 5.41) is 9.74. The van der Waals surface area contributed by atoms with Crippen molar-refractivity contribution in [2.24, 2.45) is 0 Å². The van der Waals surface area contributed by atoms with Gasteiger partial charge in [-0.25, -0.2) is 0 Å². The fraction of sp³-hybridized carbons (Fsp3) is 0.333. The lowest BCUT2D eigenvalue weighted by atomic mass is 10.0. The monoisotopic (exact) mass is 519 g/mol. The summed E-state index contributed by atoms with van der Waals surface area (Å²) in [5.74, 6) is 1.02. The highest BCUT2D eigenvalue weighted by atomic mass is 79.9. The van der Waals surface area contributed by atoms with Crippen LogP contribution in [0.4, 0.5) is 4.79 Å². The van der Waals surface area contributed by atoms with Crippen LogP contribution in [0.15, 0.2) is 39.7 Å². The van der Waals surface area contributed by atoms with Crippen molar-refractivity contribution in [2.75, 3.05) is 19.8 Å². The molecular formula is C24H26BrNO5S. The van der Waals surface area contributed by atoms with E-state index in [9.17, 15) is 14.7 Å². The van der Waals surface area contributed by atoms with E-state index in [0.717, 1.165) is 28.6 Å². The van der Waals surface area contributed by atoms with E-state index in [-0.39, 0.29) is 30.0 Å². The van der Waals surface area contributed by atoms with Crippen LogP contribution in [-0.4, -0.2) is 40.9 Å². The number of aromatic hydroxyl groups is 1. The van der Waals surface area contributed by atoms with Gasteiger partial charge in [0.1, 0.15) is 12.4 Å². The highest BCUT2D eigenvalue weighted by Gasteiger charge is 2.35. The highest BCUT2D eigenvalue weighted by molar-refractivity contribution is 9.10. The molecule has 170 valence electrons. The normalized spacial score (nSPS) is 15.2. The Balaban J connectivity index is 1.71. The average molecular weight is 520 g/mol. The van der Waals surface area contributed by atoms with Crippen molar-refractivity contribution in [1.29, 1.82) is 0 Å². The number of benzene rings is 2. The van der Waals surface area contributed by atoms with E-state index in [2.05, 4.69) is 29.8 Å². The average Bonchev–Trinajstić information content (AvgIpc) is 2.99. The molecule has 0 saturated carbocycles. The number of carbonyl (C=O) groups excluding carboxylic acids is 2. The van der Waals surface area contributed by atoms with Crippen LogP contribution < -0.4 is 9.47 Å². The van der Waals surface area contributed by atoms with Gasteiger partial charge in [-0.1, -0.05) is 26.0 Å². The Hall–Kier alpha value is -2.45. The number of hydrogen-bond donors (Lipinski definition) is 1. The summed E-state index contributed by atoms with van der Waals surface area (Å²) in [4.78, 5) is 26.8. The Kier molecular flexibility index (Phi) is 7.90. The van der Waals surface area contributed by atoms with Gasteiger partial charge in [-0.2, -0.15) is 0 Å². The third-order valence-electron chi connectivity index (χ3n) is 4.89. The number of halogens is 1. The van der Waals surface area contributed by atoms with Crippen molar-refractivity contribution in [2.45, 2.75) is 33.6 Å². The molecule has 32 heavy (non-hydrogen) atoms. The summed E-state index contributed by atoms with van der Waals surface area (Å²) in [6.45, 7) is 8.77. The molecule has 0 radical (unpaired) electrons. The summed E-state index contributed by atoms with van der Waals surface area (Å²) in [6, 6.07) is 9.36. The number of hydrogen-bond acceptors (Lipinski definition) is 6. The summed E-state index contributed by atoms with van der Waals surface area (Å²) < 4.78 is 11.8. The molecule has 6 nitrogen and oxygen atoms in total. The Morgan fingerprint density at radius 1 is 1.16 bits per heavy atom. The van der Waals surface area contributed by atoms with Gasteiger partial charge >= 0.3 is 0 Å². The van der Waals surface area contributed by atoms with Gasteiger partial charge in [0, 0.05) is 0 Å². The molecule has 1 N–H and O–H groups in total. The van der Waals surface area contributed by atoms with Gasteiger partial charge in [0.15, 0.2) is 11.5 Å². The van der Waals surface area contributed by atoms with Gasteiger partial charge in [-0.3, -0.25) is 14.5 Å². The number of phenolic OH excluding ortho intramolecular Hbond substituents is 1. The quantitative estimate of drug-likeness (QED) is 0.424. The minimum absolute atomic E-state index is 0.00818. The third kappa shape index (κ3) is 5.48. The van der Waals surface area contributed by atoms with E-state index in [1.165, 1.54) is 4.90 Å². The molecule has 2 aromatic carbocycles. The molecule has 0 bridgehead atoms.